The van der Waals surface area contributed by atoms with Crippen LogP contribution in [0.4, 0.5) is 11.4 Å². The van der Waals surface area contributed by atoms with Crippen LogP contribution in [0.3, 0.4) is 0 Å². The summed E-state index contributed by atoms with van der Waals surface area (Å²) in [6.07, 6.45) is 1.15. The molecule has 0 radical (unpaired) electrons. The van der Waals surface area contributed by atoms with Gasteiger partial charge >= 0.3 is 0 Å². The van der Waals surface area contributed by atoms with Crippen molar-refractivity contribution in [1.29, 1.82) is 0 Å². The Balaban J connectivity index is 2.30. The van der Waals surface area contributed by atoms with Crippen LogP contribution in [-0.2, 0) is 4.74 Å². The van der Waals surface area contributed by atoms with E-state index < -0.39 is 0 Å². The lowest BCUT2D eigenvalue weighted by atomic mass is 10.1. The van der Waals surface area contributed by atoms with E-state index in [0.29, 0.717) is 17.3 Å². The molecule has 0 saturated carbocycles. The molecule has 2 atom stereocenters. The number of nitrogens with zero attached hydrogens (tertiary/aromatic N) is 2. The number of carbonyl (C=O) groups excluding carboxylic acids is 1. The van der Waals surface area contributed by atoms with E-state index in [2.05, 4.69) is 11.8 Å². The SMILES string of the molecule is CC1OCCC1N(C)c1cc(C(=O)N(C)C)ccc1N. The molecule has 0 aliphatic carbocycles. The van der Waals surface area contributed by atoms with E-state index in [-0.39, 0.29) is 12.0 Å². The molecule has 110 valence electrons. The molecule has 1 aromatic carbocycles. The third kappa shape index (κ3) is 2.72. The number of rotatable bonds is 3. The molecule has 2 rings (SSSR count). The summed E-state index contributed by atoms with van der Waals surface area (Å²) in [4.78, 5) is 15.7. The average molecular weight is 277 g/mol. The second kappa shape index (κ2) is 5.71. The number of benzene rings is 1. The van der Waals surface area contributed by atoms with Crippen LogP contribution in [-0.4, -0.2) is 50.7 Å². The number of hydrogen-bond donors (Lipinski definition) is 1. The second-order valence-electron chi connectivity index (χ2n) is 5.52. The number of nitrogens with two attached hydrogens (primary N) is 1. The van der Waals surface area contributed by atoms with Crippen molar-refractivity contribution >= 4 is 17.3 Å². The van der Waals surface area contributed by atoms with Crippen molar-refractivity contribution in [1.82, 2.24) is 4.90 Å². The molecule has 1 aromatic rings. The van der Waals surface area contributed by atoms with E-state index in [1.807, 2.05) is 13.1 Å². The minimum atomic E-state index is -0.0182. The molecule has 1 amide bonds. The Morgan fingerprint density at radius 3 is 2.60 bits per heavy atom. The molecule has 1 saturated heterocycles. The van der Waals surface area contributed by atoms with Crippen LogP contribution in [0, 0.1) is 0 Å². The molecule has 2 N–H and O–H groups in total. The van der Waals surface area contributed by atoms with Gasteiger partial charge in [-0.2, -0.15) is 0 Å². The molecule has 20 heavy (non-hydrogen) atoms. The van der Waals surface area contributed by atoms with Crippen molar-refractivity contribution in [2.75, 3.05) is 38.4 Å². The highest BCUT2D eigenvalue weighted by Crippen LogP contribution is 2.30. The molecule has 5 nitrogen and oxygen atoms in total. The lowest BCUT2D eigenvalue weighted by Crippen LogP contribution is -2.37. The maximum atomic E-state index is 12.1. The van der Waals surface area contributed by atoms with Crippen LogP contribution in [0.1, 0.15) is 23.7 Å². The van der Waals surface area contributed by atoms with E-state index in [0.717, 1.165) is 18.7 Å². The first-order chi connectivity index (χ1) is 9.41. The first-order valence-electron chi connectivity index (χ1n) is 6.87. The number of anilines is 2. The summed E-state index contributed by atoms with van der Waals surface area (Å²) in [5.41, 5.74) is 8.29. The van der Waals surface area contributed by atoms with Crippen molar-refractivity contribution < 1.29 is 9.53 Å². The number of likely N-dealkylation sites (N-methyl/N-ethyl adjacent to an activating group) is 1. The largest absolute Gasteiger partial charge is 0.397 e. The van der Waals surface area contributed by atoms with Crippen LogP contribution in [0.15, 0.2) is 18.2 Å². The van der Waals surface area contributed by atoms with Gasteiger partial charge in [0.1, 0.15) is 0 Å². The summed E-state index contributed by atoms with van der Waals surface area (Å²) in [5, 5.41) is 0. The average Bonchev–Trinajstić information content (AvgIpc) is 2.84. The Morgan fingerprint density at radius 2 is 2.05 bits per heavy atom. The molecule has 1 aliphatic heterocycles. The Bertz CT molecular complexity index is 502. The van der Waals surface area contributed by atoms with Gasteiger partial charge in [-0.1, -0.05) is 0 Å². The Hall–Kier alpha value is -1.75. The molecule has 1 heterocycles. The summed E-state index contributed by atoms with van der Waals surface area (Å²) in [6.45, 7) is 2.84. The van der Waals surface area contributed by atoms with Gasteiger partial charge in [0.15, 0.2) is 0 Å². The van der Waals surface area contributed by atoms with Crippen LogP contribution >= 0.6 is 0 Å². The predicted octanol–water partition coefficient (Wildman–Crippen LogP) is 1.58. The van der Waals surface area contributed by atoms with Crippen LogP contribution in [0.2, 0.25) is 0 Å². The van der Waals surface area contributed by atoms with Crippen LogP contribution < -0.4 is 10.6 Å². The molecule has 5 heteroatoms. The quantitative estimate of drug-likeness (QED) is 0.852. The van der Waals surface area contributed by atoms with Gasteiger partial charge < -0.3 is 20.3 Å². The lowest BCUT2D eigenvalue weighted by molar-refractivity contribution is 0.0827. The molecule has 0 bridgehead atoms. The maximum Gasteiger partial charge on any atom is 0.253 e. The zero-order valence-corrected chi connectivity index (χ0v) is 12.6. The van der Waals surface area contributed by atoms with Crippen molar-refractivity contribution in [3.05, 3.63) is 23.8 Å². The van der Waals surface area contributed by atoms with Gasteiger partial charge in [0, 0.05) is 33.3 Å². The number of nitrogen functional groups attached to an aromatic ring is 1. The Kier molecular flexibility index (Phi) is 4.18. The number of hydrogen-bond acceptors (Lipinski definition) is 4. The number of amides is 1. The van der Waals surface area contributed by atoms with E-state index in [4.69, 9.17) is 10.5 Å². The Labute approximate surface area is 120 Å². The first kappa shape index (κ1) is 14.7. The standard InChI is InChI=1S/C15H23N3O2/c1-10-13(7-8-20-10)18(4)14-9-11(5-6-12(14)16)15(19)17(2)3/h5-6,9-10,13H,7-8,16H2,1-4H3. The van der Waals surface area contributed by atoms with E-state index >= 15 is 0 Å². The summed E-state index contributed by atoms with van der Waals surface area (Å²) >= 11 is 0. The highest BCUT2D eigenvalue weighted by Gasteiger charge is 2.29. The molecule has 0 aromatic heterocycles. The monoisotopic (exact) mass is 277 g/mol. The normalized spacial score (nSPS) is 21.8. The molecule has 2 unspecified atom stereocenters. The van der Waals surface area contributed by atoms with E-state index in [9.17, 15) is 4.79 Å². The van der Waals surface area contributed by atoms with Gasteiger partial charge in [-0.15, -0.1) is 0 Å². The third-order valence-electron chi connectivity index (χ3n) is 3.90. The molecular weight excluding hydrogens is 254 g/mol. The van der Waals surface area contributed by atoms with Crippen molar-refractivity contribution in [2.24, 2.45) is 0 Å². The summed E-state index contributed by atoms with van der Waals surface area (Å²) < 4.78 is 5.61. The molecule has 1 fully saturated rings. The zero-order valence-electron chi connectivity index (χ0n) is 12.6. The van der Waals surface area contributed by atoms with Gasteiger partial charge in [0.25, 0.3) is 5.91 Å². The third-order valence-corrected chi connectivity index (χ3v) is 3.90. The van der Waals surface area contributed by atoms with E-state index in [1.54, 1.807) is 31.1 Å². The minimum absolute atomic E-state index is 0.0182. The van der Waals surface area contributed by atoms with Gasteiger partial charge in [-0.25, -0.2) is 0 Å². The smallest absolute Gasteiger partial charge is 0.253 e. The van der Waals surface area contributed by atoms with Crippen LogP contribution in [0.5, 0.6) is 0 Å². The fraction of sp³-hybridized carbons (Fsp3) is 0.533. The second-order valence-corrected chi connectivity index (χ2v) is 5.52. The van der Waals surface area contributed by atoms with Crippen LogP contribution in [0.25, 0.3) is 0 Å². The number of ether oxygens (including phenoxy) is 1. The predicted molar refractivity (Wildman–Crippen MR) is 81.1 cm³/mol. The minimum Gasteiger partial charge on any atom is -0.397 e. The zero-order chi connectivity index (χ0) is 14.9. The first-order valence-corrected chi connectivity index (χ1v) is 6.87. The fourth-order valence-electron chi connectivity index (χ4n) is 2.65. The maximum absolute atomic E-state index is 12.1. The van der Waals surface area contributed by atoms with Gasteiger partial charge in [-0.3, -0.25) is 4.79 Å². The van der Waals surface area contributed by atoms with Gasteiger partial charge in [0.2, 0.25) is 0 Å². The lowest BCUT2D eigenvalue weighted by Gasteiger charge is -2.30. The highest BCUT2D eigenvalue weighted by molar-refractivity contribution is 5.96. The van der Waals surface area contributed by atoms with E-state index in [1.165, 1.54) is 0 Å². The summed E-state index contributed by atoms with van der Waals surface area (Å²) in [7, 11) is 5.50. The molecule has 0 spiro atoms. The summed E-state index contributed by atoms with van der Waals surface area (Å²) in [5.74, 6) is -0.0182. The van der Waals surface area contributed by atoms with Gasteiger partial charge in [-0.05, 0) is 31.5 Å². The van der Waals surface area contributed by atoms with Crippen molar-refractivity contribution in [2.45, 2.75) is 25.5 Å². The molecular formula is C15H23N3O2. The van der Waals surface area contributed by atoms with Gasteiger partial charge in [0.05, 0.1) is 23.5 Å². The Morgan fingerprint density at radius 1 is 1.35 bits per heavy atom. The molecule has 1 aliphatic rings. The topological polar surface area (TPSA) is 58.8 Å². The fourth-order valence-corrected chi connectivity index (χ4v) is 2.65. The number of carbonyl (C=O) groups is 1. The van der Waals surface area contributed by atoms with Crippen molar-refractivity contribution in [3.8, 4) is 0 Å². The van der Waals surface area contributed by atoms with Crippen molar-refractivity contribution in [3.63, 3.8) is 0 Å². The highest BCUT2D eigenvalue weighted by atomic mass is 16.5. The summed E-state index contributed by atoms with van der Waals surface area (Å²) in [6, 6.07) is 5.72.